The minimum absolute atomic E-state index is 0.315. The first-order chi connectivity index (χ1) is 16.8. The maximum Gasteiger partial charge on any atom is 0.262 e. The summed E-state index contributed by atoms with van der Waals surface area (Å²) in [7, 11) is 0. The molecule has 4 rings (SSSR count). The molecule has 0 unspecified atom stereocenters. The van der Waals surface area contributed by atoms with E-state index in [1.807, 2.05) is 13.0 Å². The summed E-state index contributed by atoms with van der Waals surface area (Å²) < 4.78 is 0. The van der Waals surface area contributed by atoms with E-state index >= 15 is 0 Å². The zero-order valence-corrected chi connectivity index (χ0v) is 20.2. The maximum absolute atomic E-state index is 12.8. The Kier molecular flexibility index (Phi) is 6.77. The molecule has 1 atom stereocenters. The van der Waals surface area contributed by atoms with E-state index in [4.69, 9.17) is 0 Å². The molecule has 1 aromatic heterocycles. The lowest BCUT2D eigenvalue weighted by Gasteiger charge is -2.22. The normalized spacial score (nSPS) is 13.4. The lowest BCUT2D eigenvalue weighted by molar-refractivity contribution is -0.119. The first-order valence-corrected chi connectivity index (χ1v) is 11.6. The second-order valence-corrected chi connectivity index (χ2v) is 8.26. The van der Waals surface area contributed by atoms with Crippen molar-refractivity contribution in [3.63, 3.8) is 0 Å². The molecule has 180 valence electrons. The molecule has 0 aliphatic carbocycles. The Balaban J connectivity index is 1.42. The summed E-state index contributed by atoms with van der Waals surface area (Å²) in [6, 6.07) is 14.6. The molecule has 9 nitrogen and oxygen atoms in total. The predicted octanol–water partition coefficient (Wildman–Crippen LogP) is 4.00. The van der Waals surface area contributed by atoms with Crippen LogP contribution >= 0.6 is 0 Å². The number of benzene rings is 2. The van der Waals surface area contributed by atoms with E-state index in [1.54, 1.807) is 48.5 Å². The summed E-state index contributed by atoms with van der Waals surface area (Å²) in [4.78, 5) is 50.3. The molecule has 3 amide bonds. The Bertz CT molecular complexity index is 1240. The predicted molar refractivity (Wildman–Crippen MR) is 135 cm³/mol. The molecule has 2 N–H and O–H groups in total. The SMILES string of the molecule is CCN(CC)c1cc(C)nc(Nc2ccc(NC(=O)[C@H](C)N3C(=O)c4ccccc4C3=O)cc2)n1. The zero-order chi connectivity index (χ0) is 25.1. The highest BCUT2D eigenvalue weighted by Crippen LogP contribution is 2.25. The molecule has 3 aromatic rings. The largest absolute Gasteiger partial charge is 0.357 e. The van der Waals surface area contributed by atoms with Crippen molar-refractivity contribution in [3.8, 4) is 0 Å². The number of nitrogens with zero attached hydrogens (tertiary/aromatic N) is 4. The van der Waals surface area contributed by atoms with Crippen LogP contribution in [0.2, 0.25) is 0 Å². The van der Waals surface area contributed by atoms with Gasteiger partial charge >= 0.3 is 0 Å². The number of aryl methyl sites for hydroxylation is 1. The quantitative estimate of drug-likeness (QED) is 0.477. The highest BCUT2D eigenvalue weighted by Gasteiger charge is 2.40. The average molecular weight is 473 g/mol. The van der Waals surface area contributed by atoms with Gasteiger partial charge in [0.05, 0.1) is 11.1 Å². The van der Waals surface area contributed by atoms with Crippen LogP contribution < -0.4 is 15.5 Å². The van der Waals surface area contributed by atoms with Gasteiger partial charge in [-0.25, -0.2) is 4.98 Å². The van der Waals surface area contributed by atoms with Crippen molar-refractivity contribution in [3.05, 3.63) is 71.4 Å². The van der Waals surface area contributed by atoms with Crippen LogP contribution in [0.15, 0.2) is 54.6 Å². The second-order valence-electron chi connectivity index (χ2n) is 8.26. The fourth-order valence-corrected chi connectivity index (χ4v) is 4.01. The molecule has 35 heavy (non-hydrogen) atoms. The van der Waals surface area contributed by atoms with Gasteiger partial charge in [0.25, 0.3) is 11.8 Å². The maximum atomic E-state index is 12.8. The van der Waals surface area contributed by atoms with Gasteiger partial charge in [0.15, 0.2) is 0 Å². The number of nitrogens with one attached hydrogen (secondary N) is 2. The molecular formula is C26H28N6O3. The van der Waals surface area contributed by atoms with Crippen LogP contribution in [0.25, 0.3) is 0 Å². The smallest absolute Gasteiger partial charge is 0.262 e. The molecule has 0 radical (unpaired) electrons. The van der Waals surface area contributed by atoms with Crippen LogP contribution in [0.1, 0.15) is 47.2 Å². The third kappa shape index (κ3) is 4.84. The van der Waals surface area contributed by atoms with Gasteiger partial charge in [0, 0.05) is 36.2 Å². The molecule has 0 bridgehead atoms. The summed E-state index contributed by atoms with van der Waals surface area (Å²) >= 11 is 0. The Labute approximate surface area is 204 Å². The number of carbonyl (C=O) groups is 3. The van der Waals surface area contributed by atoms with Gasteiger partial charge in [0.2, 0.25) is 11.9 Å². The Hall–Kier alpha value is -4.27. The van der Waals surface area contributed by atoms with Crippen molar-refractivity contribution in [1.29, 1.82) is 0 Å². The van der Waals surface area contributed by atoms with Crippen molar-refractivity contribution in [1.82, 2.24) is 14.9 Å². The number of carbonyl (C=O) groups excluding carboxylic acids is 3. The van der Waals surface area contributed by atoms with E-state index in [9.17, 15) is 14.4 Å². The third-order valence-electron chi connectivity index (χ3n) is 5.93. The van der Waals surface area contributed by atoms with Crippen LogP contribution in [0.5, 0.6) is 0 Å². The minimum Gasteiger partial charge on any atom is -0.357 e. The van der Waals surface area contributed by atoms with Crippen LogP contribution in [0.3, 0.4) is 0 Å². The Morgan fingerprint density at radius 1 is 0.943 bits per heavy atom. The van der Waals surface area contributed by atoms with Crippen molar-refractivity contribution in [2.75, 3.05) is 28.6 Å². The van der Waals surface area contributed by atoms with Gasteiger partial charge in [0.1, 0.15) is 11.9 Å². The monoisotopic (exact) mass is 472 g/mol. The average Bonchev–Trinajstić information content (AvgIpc) is 3.10. The Morgan fingerprint density at radius 3 is 2.09 bits per heavy atom. The summed E-state index contributed by atoms with van der Waals surface area (Å²) in [5, 5.41) is 5.97. The second kappa shape index (κ2) is 9.92. The Morgan fingerprint density at radius 2 is 1.51 bits per heavy atom. The molecule has 2 aromatic carbocycles. The standard InChI is InChI=1S/C26H28N6O3/c1-5-31(6-2)22-15-16(3)27-26(30-22)29-19-13-11-18(12-14-19)28-23(33)17(4)32-24(34)20-9-7-8-10-21(20)25(32)35/h7-15,17H,5-6H2,1-4H3,(H,28,33)(H,27,29,30)/t17-/m0/s1. The first-order valence-electron chi connectivity index (χ1n) is 11.6. The molecule has 0 saturated heterocycles. The first kappa shape index (κ1) is 23.9. The highest BCUT2D eigenvalue weighted by atomic mass is 16.2. The number of hydrogen-bond acceptors (Lipinski definition) is 7. The van der Waals surface area contributed by atoms with Gasteiger partial charge in [-0.3, -0.25) is 19.3 Å². The molecule has 1 aliphatic heterocycles. The van der Waals surface area contributed by atoms with Gasteiger partial charge < -0.3 is 15.5 Å². The number of aromatic nitrogens is 2. The number of fused-ring (bicyclic) bond motifs is 1. The van der Waals surface area contributed by atoms with Crippen molar-refractivity contribution in [2.45, 2.75) is 33.7 Å². The van der Waals surface area contributed by atoms with E-state index in [0.29, 0.717) is 22.8 Å². The molecule has 1 aliphatic rings. The fourth-order valence-electron chi connectivity index (χ4n) is 4.01. The lowest BCUT2D eigenvalue weighted by Crippen LogP contribution is -2.45. The molecular weight excluding hydrogens is 444 g/mol. The molecule has 0 spiro atoms. The van der Waals surface area contributed by atoms with E-state index < -0.39 is 23.8 Å². The number of anilines is 4. The van der Waals surface area contributed by atoms with Crippen LogP contribution in [0.4, 0.5) is 23.1 Å². The topological polar surface area (TPSA) is 108 Å². The summed E-state index contributed by atoms with van der Waals surface area (Å²) in [6.45, 7) is 9.32. The van der Waals surface area contributed by atoms with E-state index in [0.717, 1.165) is 35.2 Å². The lowest BCUT2D eigenvalue weighted by atomic mass is 10.1. The van der Waals surface area contributed by atoms with Gasteiger partial charge in [-0.05, 0) is 64.1 Å². The zero-order valence-electron chi connectivity index (χ0n) is 20.2. The van der Waals surface area contributed by atoms with Gasteiger partial charge in [-0.2, -0.15) is 4.98 Å². The molecule has 0 saturated carbocycles. The van der Waals surface area contributed by atoms with Crippen LogP contribution in [-0.4, -0.2) is 51.7 Å². The van der Waals surface area contributed by atoms with E-state index in [2.05, 4.69) is 39.3 Å². The molecule has 9 heteroatoms. The number of amides is 3. The van der Waals surface area contributed by atoms with Crippen LogP contribution in [-0.2, 0) is 4.79 Å². The number of rotatable bonds is 8. The minimum atomic E-state index is -0.959. The van der Waals surface area contributed by atoms with Crippen LogP contribution in [0, 0.1) is 6.92 Å². The number of hydrogen-bond donors (Lipinski definition) is 2. The summed E-state index contributed by atoms with van der Waals surface area (Å²) in [6.07, 6.45) is 0. The highest BCUT2D eigenvalue weighted by molar-refractivity contribution is 6.23. The summed E-state index contributed by atoms with van der Waals surface area (Å²) in [5.41, 5.74) is 2.78. The fraction of sp³-hybridized carbons (Fsp3) is 0.269. The third-order valence-corrected chi connectivity index (χ3v) is 5.93. The van der Waals surface area contributed by atoms with E-state index in [1.165, 1.54) is 6.92 Å². The van der Waals surface area contributed by atoms with E-state index in [-0.39, 0.29) is 0 Å². The number of imide groups is 1. The molecule has 0 fully saturated rings. The van der Waals surface area contributed by atoms with Gasteiger partial charge in [-0.15, -0.1) is 0 Å². The summed E-state index contributed by atoms with van der Waals surface area (Å²) in [5.74, 6) is -0.0323. The molecule has 2 heterocycles. The van der Waals surface area contributed by atoms with Crippen molar-refractivity contribution in [2.24, 2.45) is 0 Å². The van der Waals surface area contributed by atoms with Crippen molar-refractivity contribution >= 4 is 40.9 Å². The van der Waals surface area contributed by atoms with Crippen molar-refractivity contribution < 1.29 is 14.4 Å². The van der Waals surface area contributed by atoms with Gasteiger partial charge in [-0.1, -0.05) is 12.1 Å².